The number of amides is 1. The van der Waals surface area contributed by atoms with Gasteiger partial charge in [-0.3, -0.25) is 19.2 Å². The van der Waals surface area contributed by atoms with Crippen molar-refractivity contribution in [2.45, 2.75) is 6.04 Å². The van der Waals surface area contributed by atoms with Gasteiger partial charge in [0.15, 0.2) is 0 Å². The molecular formula is C13H21N5O3. The van der Waals surface area contributed by atoms with Crippen LogP contribution >= 0.6 is 0 Å². The molecule has 1 unspecified atom stereocenters. The van der Waals surface area contributed by atoms with E-state index in [1.807, 2.05) is 4.90 Å². The smallest absolute Gasteiger partial charge is 0.319 e. The number of ether oxygens (including phenoxy) is 1. The molecule has 0 radical (unpaired) electrons. The summed E-state index contributed by atoms with van der Waals surface area (Å²) in [6, 6.07) is -0.689. The van der Waals surface area contributed by atoms with Gasteiger partial charge in [-0.25, -0.2) is 0 Å². The first-order valence-corrected chi connectivity index (χ1v) is 6.83. The Morgan fingerprint density at radius 1 is 1.38 bits per heavy atom. The van der Waals surface area contributed by atoms with Crippen molar-refractivity contribution >= 4 is 11.9 Å². The van der Waals surface area contributed by atoms with Gasteiger partial charge in [0.25, 0.3) is 0 Å². The van der Waals surface area contributed by atoms with Crippen molar-refractivity contribution in [3.05, 3.63) is 18.0 Å². The fourth-order valence-corrected chi connectivity index (χ4v) is 2.31. The lowest BCUT2D eigenvalue weighted by Gasteiger charge is -2.35. The summed E-state index contributed by atoms with van der Waals surface area (Å²) in [6.07, 6.45) is 3.35. The molecule has 116 valence electrons. The third-order valence-electron chi connectivity index (χ3n) is 3.61. The molecular weight excluding hydrogens is 274 g/mol. The van der Waals surface area contributed by atoms with E-state index in [0.29, 0.717) is 31.7 Å². The van der Waals surface area contributed by atoms with Gasteiger partial charge < -0.3 is 15.4 Å². The predicted octanol–water partition coefficient (Wildman–Crippen LogP) is -1.26. The Morgan fingerprint density at radius 3 is 2.57 bits per heavy atom. The van der Waals surface area contributed by atoms with Crippen LogP contribution in [0.3, 0.4) is 0 Å². The highest BCUT2D eigenvalue weighted by Gasteiger charge is 2.27. The van der Waals surface area contributed by atoms with Crippen LogP contribution in [0.2, 0.25) is 0 Å². The third-order valence-corrected chi connectivity index (χ3v) is 3.61. The van der Waals surface area contributed by atoms with E-state index in [0.717, 1.165) is 0 Å². The number of carbonyl (C=O) groups is 2. The Bertz CT molecular complexity index is 508. The highest BCUT2D eigenvalue weighted by atomic mass is 16.5. The second-order valence-corrected chi connectivity index (χ2v) is 5.10. The van der Waals surface area contributed by atoms with Gasteiger partial charge in [-0.05, 0) is 0 Å². The molecule has 0 aromatic carbocycles. The second-order valence-electron chi connectivity index (χ2n) is 5.10. The molecule has 1 aromatic rings. The Hall–Kier alpha value is -1.93. The van der Waals surface area contributed by atoms with Crippen LogP contribution in [0.4, 0.5) is 0 Å². The van der Waals surface area contributed by atoms with Crippen molar-refractivity contribution in [3.63, 3.8) is 0 Å². The summed E-state index contributed by atoms with van der Waals surface area (Å²) in [5.74, 6) is -0.373. The minimum Gasteiger partial charge on any atom is -0.468 e. The largest absolute Gasteiger partial charge is 0.468 e. The van der Waals surface area contributed by atoms with E-state index < -0.39 is 6.04 Å². The summed E-state index contributed by atoms with van der Waals surface area (Å²) in [5, 5.41) is 4.03. The van der Waals surface area contributed by atoms with Crippen molar-refractivity contribution in [1.29, 1.82) is 0 Å². The zero-order chi connectivity index (χ0) is 15.4. The molecule has 8 heteroatoms. The minimum atomic E-state index is -0.689. The maximum atomic E-state index is 12.3. The summed E-state index contributed by atoms with van der Waals surface area (Å²) in [7, 11) is 3.15. The normalized spacial score (nSPS) is 17.6. The topological polar surface area (TPSA) is 93.7 Å². The van der Waals surface area contributed by atoms with Crippen molar-refractivity contribution in [2.75, 3.05) is 39.8 Å². The second kappa shape index (κ2) is 6.68. The van der Waals surface area contributed by atoms with Gasteiger partial charge in [-0.15, -0.1) is 0 Å². The summed E-state index contributed by atoms with van der Waals surface area (Å²) < 4.78 is 6.26. The molecule has 1 atom stereocenters. The molecule has 1 saturated heterocycles. The summed E-state index contributed by atoms with van der Waals surface area (Å²) in [5.41, 5.74) is 6.70. The van der Waals surface area contributed by atoms with E-state index in [-0.39, 0.29) is 18.4 Å². The molecule has 8 nitrogen and oxygen atoms in total. The van der Waals surface area contributed by atoms with E-state index in [4.69, 9.17) is 5.73 Å². The van der Waals surface area contributed by atoms with E-state index >= 15 is 0 Å². The van der Waals surface area contributed by atoms with Gasteiger partial charge in [0.05, 0.1) is 19.9 Å². The van der Waals surface area contributed by atoms with Crippen molar-refractivity contribution in [2.24, 2.45) is 12.8 Å². The van der Waals surface area contributed by atoms with Gasteiger partial charge in [0.2, 0.25) is 5.91 Å². The summed E-state index contributed by atoms with van der Waals surface area (Å²) in [6.45, 7) is 2.65. The molecule has 2 N–H and O–H groups in total. The molecule has 1 aromatic heterocycles. The lowest BCUT2D eigenvalue weighted by atomic mass is 10.1. The molecule has 0 spiro atoms. The number of carbonyl (C=O) groups excluding carboxylic acids is 2. The first-order chi connectivity index (χ1) is 10.0. The van der Waals surface area contributed by atoms with E-state index in [2.05, 4.69) is 9.84 Å². The predicted molar refractivity (Wildman–Crippen MR) is 75.2 cm³/mol. The van der Waals surface area contributed by atoms with Crippen LogP contribution in [0, 0.1) is 0 Å². The Labute approximate surface area is 123 Å². The average molecular weight is 295 g/mol. The lowest BCUT2D eigenvalue weighted by molar-refractivity contribution is -0.142. The highest BCUT2D eigenvalue weighted by Crippen LogP contribution is 2.13. The first kappa shape index (κ1) is 15.5. The lowest BCUT2D eigenvalue weighted by Crippen LogP contribution is -2.52. The first-order valence-electron chi connectivity index (χ1n) is 6.83. The number of nitrogens with zero attached hydrogens (tertiary/aromatic N) is 4. The van der Waals surface area contributed by atoms with Crippen LogP contribution in [0.25, 0.3) is 0 Å². The number of methoxy groups -OCH3 is 1. The summed E-state index contributed by atoms with van der Waals surface area (Å²) in [4.78, 5) is 27.3. The minimum absolute atomic E-state index is 0.110. The molecule has 1 aliphatic heterocycles. The van der Waals surface area contributed by atoms with Crippen LogP contribution in [0.1, 0.15) is 11.6 Å². The number of hydrogen-bond donors (Lipinski definition) is 1. The van der Waals surface area contributed by atoms with Crippen molar-refractivity contribution < 1.29 is 14.3 Å². The van der Waals surface area contributed by atoms with Gasteiger partial charge in [0.1, 0.15) is 6.04 Å². The zero-order valence-corrected chi connectivity index (χ0v) is 12.4. The molecule has 2 rings (SSSR count). The molecule has 0 bridgehead atoms. The number of nitrogens with two attached hydrogens (primary N) is 1. The van der Waals surface area contributed by atoms with E-state index in [1.165, 1.54) is 7.11 Å². The Balaban J connectivity index is 1.87. The molecule has 1 amide bonds. The number of aryl methyl sites for hydroxylation is 1. The number of aromatic nitrogens is 2. The molecule has 0 saturated carbocycles. The van der Waals surface area contributed by atoms with Crippen LogP contribution in [-0.2, 0) is 21.4 Å². The molecule has 1 fully saturated rings. The molecule has 1 aliphatic rings. The van der Waals surface area contributed by atoms with Crippen LogP contribution in [0.15, 0.2) is 12.4 Å². The SMILES string of the molecule is COC(=O)CN1CCN(C(=O)C(N)c2cnn(C)c2)CC1. The maximum absolute atomic E-state index is 12.3. The van der Waals surface area contributed by atoms with Gasteiger partial charge in [-0.2, -0.15) is 5.10 Å². The van der Waals surface area contributed by atoms with E-state index in [1.54, 1.807) is 29.0 Å². The molecule has 2 heterocycles. The standard InChI is InChI=1S/C13H21N5O3/c1-16-8-10(7-15-16)12(14)13(20)18-5-3-17(4-6-18)9-11(19)21-2/h7-8,12H,3-6,9,14H2,1-2H3. The number of piperazine rings is 1. The van der Waals surface area contributed by atoms with Gasteiger partial charge in [0, 0.05) is 45.0 Å². The fourth-order valence-electron chi connectivity index (χ4n) is 2.31. The highest BCUT2D eigenvalue weighted by molar-refractivity contribution is 5.83. The third kappa shape index (κ3) is 3.79. The van der Waals surface area contributed by atoms with Crippen LogP contribution in [0.5, 0.6) is 0 Å². The molecule has 0 aliphatic carbocycles. The van der Waals surface area contributed by atoms with E-state index in [9.17, 15) is 9.59 Å². The van der Waals surface area contributed by atoms with Crippen molar-refractivity contribution in [1.82, 2.24) is 19.6 Å². The fraction of sp³-hybridized carbons (Fsp3) is 0.615. The van der Waals surface area contributed by atoms with Crippen LogP contribution in [-0.4, -0.2) is 71.3 Å². The quantitative estimate of drug-likeness (QED) is 0.697. The number of esters is 1. The number of hydrogen-bond acceptors (Lipinski definition) is 6. The zero-order valence-electron chi connectivity index (χ0n) is 12.4. The van der Waals surface area contributed by atoms with Crippen molar-refractivity contribution in [3.8, 4) is 0 Å². The monoisotopic (exact) mass is 295 g/mol. The molecule has 21 heavy (non-hydrogen) atoms. The number of rotatable bonds is 4. The maximum Gasteiger partial charge on any atom is 0.319 e. The van der Waals surface area contributed by atoms with Crippen LogP contribution < -0.4 is 5.73 Å². The van der Waals surface area contributed by atoms with Gasteiger partial charge >= 0.3 is 5.97 Å². The Kier molecular flexibility index (Phi) is 4.92. The van der Waals surface area contributed by atoms with Gasteiger partial charge in [-0.1, -0.05) is 0 Å². The average Bonchev–Trinajstić information content (AvgIpc) is 2.93. The summed E-state index contributed by atoms with van der Waals surface area (Å²) >= 11 is 0. The Morgan fingerprint density at radius 2 is 2.05 bits per heavy atom.